The van der Waals surface area contributed by atoms with Gasteiger partial charge >= 0.3 is 6.18 Å². The third kappa shape index (κ3) is 6.36. The van der Waals surface area contributed by atoms with Crippen LogP contribution in [0.1, 0.15) is 37.3 Å². The molecule has 0 aromatic heterocycles. The van der Waals surface area contributed by atoms with E-state index in [-0.39, 0.29) is 17.9 Å². The van der Waals surface area contributed by atoms with E-state index in [1.165, 1.54) is 26.4 Å². The molecule has 0 heterocycles. The molecule has 1 aliphatic carbocycles. The first-order chi connectivity index (χ1) is 16.5. The van der Waals surface area contributed by atoms with E-state index in [0.29, 0.717) is 46.9 Å². The molecular weight excluding hydrogens is 459 g/mol. The molecule has 35 heavy (non-hydrogen) atoms. The van der Waals surface area contributed by atoms with Crippen molar-refractivity contribution in [2.45, 2.75) is 38.5 Å². The van der Waals surface area contributed by atoms with E-state index in [2.05, 4.69) is 17.2 Å². The fraction of sp³-hybridized carbons (Fsp3) is 0.346. The van der Waals surface area contributed by atoms with Crippen molar-refractivity contribution in [3.05, 3.63) is 70.9 Å². The van der Waals surface area contributed by atoms with E-state index in [0.717, 1.165) is 18.1 Å². The van der Waals surface area contributed by atoms with Crippen molar-refractivity contribution in [1.82, 2.24) is 0 Å². The molecule has 0 spiro atoms. The summed E-state index contributed by atoms with van der Waals surface area (Å²) in [6, 6.07) is 8.83. The van der Waals surface area contributed by atoms with Crippen molar-refractivity contribution in [2.24, 2.45) is 0 Å². The van der Waals surface area contributed by atoms with Crippen LogP contribution in [0.25, 0.3) is 0 Å². The van der Waals surface area contributed by atoms with Gasteiger partial charge in [-0.3, -0.25) is 5.41 Å². The van der Waals surface area contributed by atoms with Gasteiger partial charge in [0.15, 0.2) is 0 Å². The highest BCUT2D eigenvalue weighted by atomic mass is 19.4. The maximum absolute atomic E-state index is 13.7. The van der Waals surface area contributed by atoms with Gasteiger partial charge in [0, 0.05) is 29.6 Å². The number of ether oxygens (including phenoxy) is 2. The minimum atomic E-state index is -4.57. The third-order valence-electron chi connectivity index (χ3n) is 5.74. The largest absolute Gasteiger partial charge is 0.497 e. The first kappa shape index (κ1) is 26.2. The summed E-state index contributed by atoms with van der Waals surface area (Å²) < 4.78 is 51.7. The molecule has 188 valence electrons. The molecule has 0 fully saturated rings. The SMILES string of the molecule is C=C(Nc1cc(NCC(C)O)ccc1C(F)(F)F)C1=C(C(=N)c2cc(OC)cc(OC)c2)CCC1. The lowest BCUT2D eigenvalue weighted by molar-refractivity contribution is -0.136. The van der Waals surface area contributed by atoms with Gasteiger partial charge in [-0.15, -0.1) is 0 Å². The molecule has 0 saturated carbocycles. The van der Waals surface area contributed by atoms with Crippen LogP contribution in [-0.2, 0) is 6.18 Å². The van der Waals surface area contributed by atoms with Gasteiger partial charge in [0.1, 0.15) is 11.5 Å². The number of aliphatic hydroxyl groups excluding tert-OH is 1. The van der Waals surface area contributed by atoms with Crippen LogP contribution in [0.5, 0.6) is 11.5 Å². The maximum atomic E-state index is 13.7. The summed E-state index contributed by atoms with van der Waals surface area (Å²) in [6.45, 7) is 5.79. The zero-order valence-electron chi connectivity index (χ0n) is 20.0. The van der Waals surface area contributed by atoms with Crippen LogP contribution < -0.4 is 20.1 Å². The molecule has 0 amide bonds. The Kier molecular flexibility index (Phi) is 8.11. The maximum Gasteiger partial charge on any atom is 0.418 e. The van der Waals surface area contributed by atoms with E-state index in [4.69, 9.17) is 14.9 Å². The first-order valence-corrected chi connectivity index (χ1v) is 11.2. The second-order valence-electron chi connectivity index (χ2n) is 8.38. The quantitative estimate of drug-likeness (QED) is 0.308. The summed E-state index contributed by atoms with van der Waals surface area (Å²) in [6.07, 6.45) is -3.27. The Labute approximate surface area is 203 Å². The number of halogens is 3. The molecule has 1 unspecified atom stereocenters. The molecule has 0 saturated heterocycles. The number of nitrogens with one attached hydrogen (secondary N) is 3. The Morgan fingerprint density at radius 3 is 2.29 bits per heavy atom. The highest BCUT2D eigenvalue weighted by Gasteiger charge is 2.34. The smallest absolute Gasteiger partial charge is 0.418 e. The molecule has 6 nitrogen and oxygen atoms in total. The second-order valence-corrected chi connectivity index (χ2v) is 8.38. The number of rotatable bonds is 10. The number of hydrogen-bond acceptors (Lipinski definition) is 6. The molecule has 0 radical (unpaired) electrons. The fourth-order valence-corrected chi connectivity index (χ4v) is 3.99. The topological polar surface area (TPSA) is 86.6 Å². The van der Waals surface area contributed by atoms with E-state index < -0.39 is 17.8 Å². The Bertz CT molecular complexity index is 1120. The first-order valence-electron chi connectivity index (χ1n) is 11.2. The van der Waals surface area contributed by atoms with E-state index >= 15 is 0 Å². The lowest BCUT2D eigenvalue weighted by Gasteiger charge is -2.20. The molecule has 9 heteroatoms. The predicted molar refractivity (Wildman–Crippen MR) is 132 cm³/mol. The molecule has 2 aromatic carbocycles. The average molecular weight is 490 g/mol. The number of aliphatic hydroxyl groups is 1. The molecule has 3 rings (SSSR count). The van der Waals surface area contributed by atoms with Crippen LogP contribution in [0.4, 0.5) is 24.5 Å². The highest BCUT2D eigenvalue weighted by molar-refractivity contribution is 6.12. The number of alkyl halides is 3. The summed E-state index contributed by atoms with van der Waals surface area (Å²) >= 11 is 0. The van der Waals surface area contributed by atoms with Crippen molar-refractivity contribution >= 4 is 17.1 Å². The van der Waals surface area contributed by atoms with Crippen LogP contribution >= 0.6 is 0 Å². The predicted octanol–water partition coefficient (Wildman–Crippen LogP) is 5.99. The summed E-state index contributed by atoms with van der Waals surface area (Å²) in [4.78, 5) is 0. The van der Waals surface area contributed by atoms with Crippen molar-refractivity contribution in [1.29, 1.82) is 5.41 Å². The molecular formula is C26H30F3N3O3. The Balaban J connectivity index is 1.93. The summed E-state index contributed by atoms with van der Waals surface area (Å²) in [5.41, 5.74) is 2.05. The Morgan fingerprint density at radius 1 is 1.09 bits per heavy atom. The zero-order valence-corrected chi connectivity index (χ0v) is 20.0. The van der Waals surface area contributed by atoms with Gasteiger partial charge in [0.25, 0.3) is 0 Å². The normalized spacial score (nSPS) is 14.5. The minimum absolute atomic E-state index is 0.147. The lowest BCUT2D eigenvalue weighted by atomic mass is 9.97. The average Bonchev–Trinajstić information content (AvgIpc) is 3.31. The number of hydrogen-bond donors (Lipinski definition) is 4. The van der Waals surface area contributed by atoms with Crippen LogP contribution in [0, 0.1) is 5.41 Å². The molecule has 1 atom stereocenters. The standard InChI is InChI=1S/C26H30F3N3O3/c1-15(33)14-31-18-8-9-23(26(27,28)29)24(12-18)32-16(2)21-6-5-7-22(21)25(30)17-10-19(34-3)13-20(11-17)35-4/h8-13,15,30-33H,2,5-7,14H2,1,3-4H3. The second kappa shape index (κ2) is 10.9. The Morgan fingerprint density at radius 2 is 1.71 bits per heavy atom. The van der Waals surface area contributed by atoms with Gasteiger partial charge in [-0.2, -0.15) is 13.2 Å². The highest BCUT2D eigenvalue weighted by Crippen LogP contribution is 2.39. The molecule has 4 N–H and O–H groups in total. The van der Waals surface area contributed by atoms with Gasteiger partial charge in [-0.25, -0.2) is 0 Å². The number of allylic oxidation sites excluding steroid dienone is 2. The summed E-state index contributed by atoms with van der Waals surface area (Å²) in [5, 5.41) is 24.0. The van der Waals surface area contributed by atoms with Gasteiger partial charge < -0.3 is 25.2 Å². The van der Waals surface area contributed by atoms with Crippen molar-refractivity contribution < 1.29 is 27.8 Å². The van der Waals surface area contributed by atoms with Crippen molar-refractivity contribution in [3.8, 4) is 11.5 Å². The van der Waals surface area contributed by atoms with E-state index in [1.807, 2.05) is 0 Å². The fourth-order valence-electron chi connectivity index (χ4n) is 3.99. The molecule has 2 aromatic rings. The number of benzene rings is 2. The van der Waals surface area contributed by atoms with Gasteiger partial charge in [0.2, 0.25) is 0 Å². The Hall–Kier alpha value is -3.46. The van der Waals surface area contributed by atoms with Gasteiger partial charge in [-0.05, 0) is 67.7 Å². The zero-order chi connectivity index (χ0) is 25.8. The molecule has 0 bridgehead atoms. The van der Waals surface area contributed by atoms with Crippen LogP contribution in [0.15, 0.2) is 59.8 Å². The van der Waals surface area contributed by atoms with Crippen LogP contribution in [0.2, 0.25) is 0 Å². The molecule has 1 aliphatic rings. The van der Waals surface area contributed by atoms with Gasteiger partial charge in [0.05, 0.1) is 37.3 Å². The van der Waals surface area contributed by atoms with Gasteiger partial charge in [-0.1, -0.05) is 6.58 Å². The van der Waals surface area contributed by atoms with E-state index in [1.54, 1.807) is 25.1 Å². The van der Waals surface area contributed by atoms with E-state index in [9.17, 15) is 18.3 Å². The summed E-state index contributed by atoms with van der Waals surface area (Å²) in [7, 11) is 3.05. The number of methoxy groups -OCH3 is 2. The molecule has 0 aliphatic heterocycles. The van der Waals surface area contributed by atoms with Crippen LogP contribution in [-0.4, -0.2) is 37.7 Å². The number of anilines is 2. The van der Waals surface area contributed by atoms with Crippen molar-refractivity contribution in [3.63, 3.8) is 0 Å². The van der Waals surface area contributed by atoms with Crippen LogP contribution in [0.3, 0.4) is 0 Å². The summed E-state index contributed by atoms with van der Waals surface area (Å²) in [5.74, 6) is 1.08. The minimum Gasteiger partial charge on any atom is -0.497 e. The third-order valence-corrected chi connectivity index (χ3v) is 5.74. The van der Waals surface area contributed by atoms with Crippen molar-refractivity contribution in [2.75, 3.05) is 31.4 Å². The monoisotopic (exact) mass is 489 g/mol. The lowest BCUT2D eigenvalue weighted by Crippen LogP contribution is -2.16.